The van der Waals surface area contributed by atoms with E-state index in [9.17, 15) is 34.2 Å². The topological polar surface area (TPSA) is 147 Å². The Balaban J connectivity index is 1.34. The van der Waals surface area contributed by atoms with E-state index in [2.05, 4.69) is 12.2 Å². The summed E-state index contributed by atoms with van der Waals surface area (Å²) in [6, 6.07) is -1.05. The molecule has 0 aromatic carbocycles. The first-order valence-corrected chi connectivity index (χ1v) is 14.4. The summed E-state index contributed by atoms with van der Waals surface area (Å²) in [7, 11) is 0. The van der Waals surface area contributed by atoms with Gasteiger partial charge in [0, 0.05) is 18.3 Å². The Hall–Kier alpha value is -2.55. The van der Waals surface area contributed by atoms with Crippen LogP contribution < -0.4 is 5.32 Å². The lowest BCUT2D eigenvalue weighted by Crippen LogP contribution is -2.58. The largest absolute Gasteiger partial charge is 0.480 e. The van der Waals surface area contributed by atoms with Crippen LogP contribution in [-0.2, 0) is 28.7 Å². The number of Topliss-reactive ketones (excluding diaryl/α,β-unsaturated/α-hetero) is 1. The number of hydrogen-bond acceptors (Lipinski definition) is 7. The molecule has 9 nitrogen and oxygen atoms in total. The number of aliphatic hydroxyl groups is 1. The molecular weight excluding hydrogens is 502 g/mol. The Labute approximate surface area is 230 Å². The van der Waals surface area contributed by atoms with Crippen molar-refractivity contribution in [1.29, 1.82) is 0 Å². The summed E-state index contributed by atoms with van der Waals surface area (Å²) in [4.78, 5) is 61.0. The summed E-state index contributed by atoms with van der Waals surface area (Å²) in [5, 5.41) is 23.3. The van der Waals surface area contributed by atoms with Gasteiger partial charge in [0.1, 0.15) is 11.6 Å². The van der Waals surface area contributed by atoms with Gasteiger partial charge in [-0.05, 0) is 80.1 Å². The van der Waals surface area contributed by atoms with E-state index in [1.54, 1.807) is 13.8 Å². The number of ether oxygens (including phenoxy) is 1. The molecule has 4 rings (SSSR count). The lowest BCUT2D eigenvalue weighted by Gasteiger charge is -2.58. The van der Waals surface area contributed by atoms with E-state index in [1.165, 1.54) is 5.57 Å². The first kappa shape index (κ1) is 29.4. The quantitative estimate of drug-likeness (QED) is 0.374. The van der Waals surface area contributed by atoms with Crippen LogP contribution in [0.2, 0.25) is 0 Å². The standard InChI is InChI=1S/C30H43NO8/c1-17(2)26(27(36)37)31-24(34)7-8-25(35)39-16-23(33)30(38)14-11-22-20-6-5-18-15-19(32)9-12-28(18,3)21(20)10-13-29(22,30)4/h15,17,20-22,26,38H,5-14,16H2,1-4H3,(H,31,34)(H,36,37)/t20-,21+,22+,26-,28+,29+,30+/m1/s1. The second kappa shape index (κ2) is 10.8. The first-order valence-electron chi connectivity index (χ1n) is 14.4. The van der Waals surface area contributed by atoms with Crippen LogP contribution in [0.4, 0.5) is 0 Å². The summed E-state index contributed by atoms with van der Waals surface area (Å²) < 4.78 is 5.18. The highest BCUT2D eigenvalue weighted by molar-refractivity contribution is 5.92. The summed E-state index contributed by atoms with van der Waals surface area (Å²) in [6.45, 7) is 7.10. The normalized spacial score (nSPS) is 36.2. The highest BCUT2D eigenvalue weighted by Crippen LogP contribution is 2.67. The lowest BCUT2D eigenvalue weighted by atomic mass is 9.46. The molecule has 0 saturated heterocycles. The first-order chi connectivity index (χ1) is 18.2. The molecule has 0 bridgehead atoms. The third-order valence-corrected chi connectivity index (χ3v) is 10.7. The van der Waals surface area contributed by atoms with Crippen molar-refractivity contribution >= 4 is 29.4 Å². The molecule has 0 heterocycles. The van der Waals surface area contributed by atoms with Gasteiger partial charge in [0.15, 0.2) is 12.4 Å². The van der Waals surface area contributed by atoms with E-state index in [4.69, 9.17) is 4.74 Å². The molecule has 3 N–H and O–H groups in total. The van der Waals surface area contributed by atoms with Crippen molar-refractivity contribution < 1.29 is 38.9 Å². The fraction of sp³-hybridized carbons (Fsp3) is 0.767. The second-order valence-corrected chi connectivity index (χ2v) is 13.0. The molecule has 4 aliphatic carbocycles. The number of carbonyl (C=O) groups is 5. The van der Waals surface area contributed by atoms with Crippen molar-refractivity contribution in [2.45, 2.75) is 104 Å². The number of hydrogen-bond donors (Lipinski definition) is 3. The van der Waals surface area contributed by atoms with Gasteiger partial charge in [-0.2, -0.15) is 0 Å². The molecular formula is C30H43NO8. The number of nitrogens with one attached hydrogen (secondary N) is 1. The number of carboxylic acids is 1. The van der Waals surface area contributed by atoms with E-state index >= 15 is 0 Å². The van der Waals surface area contributed by atoms with Gasteiger partial charge in [0.25, 0.3) is 0 Å². The summed E-state index contributed by atoms with van der Waals surface area (Å²) in [5.41, 5.74) is -0.908. The van der Waals surface area contributed by atoms with Gasteiger partial charge in [-0.25, -0.2) is 4.79 Å². The van der Waals surface area contributed by atoms with Gasteiger partial charge in [-0.3, -0.25) is 19.2 Å². The minimum absolute atomic E-state index is 0.00431. The Morgan fingerprint density at radius 2 is 1.72 bits per heavy atom. The molecule has 3 fully saturated rings. The van der Waals surface area contributed by atoms with Crippen molar-refractivity contribution in [2.24, 2.45) is 34.5 Å². The molecule has 1 amide bonds. The number of fused-ring (bicyclic) bond motifs is 5. The van der Waals surface area contributed by atoms with Crippen LogP contribution in [0, 0.1) is 34.5 Å². The maximum absolute atomic E-state index is 13.3. The van der Waals surface area contributed by atoms with Crippen LogP contribution in [-0.4, -0.2) is 57.9 Å². The zero-order valence-electron chi connectivity index (χ0n) is 23.6. The predicted octanol–water partition coefficient (Wildman–Crippen LogP) is 3.37. The number of allylic oxidation sites excluding steroid dienone is 1. The Morgan fingerprint density at radius 1 is 1.03 bits per heavy atom. The fourth-order valence-corrected chi connectivity index (χ4v) is 8.35. The summed E-state index contributed by atoms with van der Waals surface area (Å²) in [5.74, 6) is -2.07. The predicted molar refractivity (Wildman–Crippen MR) is 141 cm³/mol. The van der Waals surface area contributed by atoms with Gasteiger partial charge in [-0.1, -0.05) is 33.3 Å². The number of aliphatic carboxylic acids is 1. The molecule has 4 aliphatic rings. The molecule has 216 valence electrons. The van der Waals surface area contributed by atoms with E-state index in [0.29, 0.717) is 31.1 Å². The molecule has 9 heteroatoms. The highest BCUT2D eigenvalue weighted by atomic mass is 16.5. The van der Waals surface area contributed by atoms with Crippen LogP contribution in [0.3, 0.4) is 0 Å². The van der Waals surface area contributed by atoms with Crippen LogP contribution in [0.1, 0.15) is 91.9 Å². The van der Waals surface area contributed by atoms with Crippen LogP contribution in [0.25, 0.3) is 0 Å². The molecule has 3 saturated carbocycles. The number of ketones is 2. The van der Waals surface area contributed by atoms with E-state index < -0.39 is 47.3 Å². The highest BCUT2D eigenvalue weighted by Gasteiger charge is 2.66. The minimum atomic E-state index is -1.58. The van der Waals surface area contributed by atoms with E-state index in [0.717, 1.165) is 32.1 Å². The second-order valence-electron chi connectivity index (χ2n) is 13.0. The van der Waals surface area contributed by atoms with Crippen molar-refractivity contribution in [3.8, 4) is 0 Å². The van der Waals surface area contributed by atoms with Crippen LogP contribution >= 0.6 is 0 Å². The van der Waals surface area contributed by atoms with Gasteiger partial charge >= 0.3 is 11.9 Å². The number of rotatable bonds is 9. The maximum Gasteiger partial charge on any atom is 0.326 e. The average Bonchev–Trinajstić information content (AvgIpc) is 3.16. The zero-order valence-corrected chi connectivity index (χ0v) is 23.6. The van der Waals surface area contributed by atoms with Crippen molar-refractivity contribution in [1.82, 2.24) is 5.32 Å². The fourth-order valence-electron chi connectivity index (χ4n) is 8.35. The summed E-state index contributed by atoms with van der Waals surface area (Å²) >= 11 is 0. The van der Waals surface area contributed by atoms with Gasteiger partial charge in [0.2, 0.25) is 11.7 Å². The summed E-state index contributed by atoms with van der Waals surface area (Å²) in [6.07, 6.45) is 7.28. The van der Waals surface area contributed by atoms with Gasteiger partial charge < -0.3 is 20.3 Å². The number of carbonyl (C=O) groups excluding carboxylic acids is 4. The SMILES string of the molecule is CC(C)[C@@H](NC(=O)CCC(=O)OCC(=O)[C@@]1(O)CC[C@H]2[C@@H]3CCC4=CC(=O)CC[C@]4(C)[C@H]3CC[C@@]21C)C(=O)O. The molecule has 39 heavy (non-hydrogen) atoms. The molecule has 0 unspecified atom stereocenters. The maximum atomic E-state index is 13.3. The monoisotopic (exact) mass is 545 g/mol. The van der Waals surface area contributed by atoms with Gasteiger partial charge in [-0.15, -0.1) is 0 Å². The number of amides is 1. The lowest BCUT2D eigenvalue weighted by molar-refractivity contribution is -0.170. The van der Waals surface area contributed by atoms with Crippen molar-refractivity contribution in [3.05, 3.63) is 11.6 Å². The average molecular weight is 546 g/mol. The molecule has 0 aliphatic heterocycles. The zero-order chi connectivity index (χ0) is 28.8. The van der Waals surface area contributed by atoms with Gasteiger partial charge in [0.05, 0.1) is 6.42 Å². The molecule has 0 radical (unpaired) electrons. The van der Waals surface area contributed by atoms with E-state index in [1.807, 2.05) is 13.0 Å². The number of esters is 1. The number of carboxylic acid groups (broad SMARTS) is 1. The minimum Gasteiger partial charge on any atom is -0.480 e. The van der Waals surface area contributed by atoms with Crippen LogP contribution in [0.5, 0.6) is 0 Å². The smallest absolute Gasteiger partial charge is 0.326 e. The molecule has 0 aromatic rings. The molecule has 7 atom stereocenters. The van der Waals surface area contributed by atoms with Crippen molar-refractivity contribution in [2.75, 3.05) is 6.61 Å². The molecule has 0 aromatic heterocycles. The van der Waals surface area contributed by atoms with E-state index in [-0.39, 0.29) is 35.9 Å². The Morgan fingerprint density at radius 3 is 2.38 bits per heavy atom. The third-order valence-electron chi connectivity index (χ3n) is 10.7. The van der Waals surface area contributed by atoms with Crippen molar-refractivity contribution in [3.63, 3.8) is 0 Å². The Bertz CT molecular complexity index is 1080. The van der Waals surface area contributed by atoms with Crippen LogP contribution in [0.15, 0.2) is 11.6 Å². The molecule has 0 spiro atoms. The Kier molecular flexibility index (Phi) is 8.14. The third kappa shape index (κ3) is 5.19.